The molecule has 3 nitrogen and oxygen atoms in total. The van der Waals surface area contributed by atoms with Gasteiger partial charge >= 0.3 is 12.4 Å². The van der Waals surface area contributed by atoms with Gasteiger partial charge in [-0.1, -0.05) is 38.2 Å². The maximum Gasteiger partial charge on any atom is 0.426 e. The Morgan fingerprint density at radius 1 is 1.11 bits per heavy atom. The fraction of sp³-hybridized carbons (Fsp3) is 0.778. The van der Waals surface area contributed by atoms with Crippen LogP contribution in [0, 0.1) is 23.2 Å². The molecule has 0 unspecified atom stereocenters. The van der Waals surface area contributed by atoms with Crippen molar-refractivity contribution in [3.8, 4) is 0 Å². The van der Waals surface area contributed by atoms with E-state index in [9.17, 15) is 36.6 Å². The molecule has 3 saturated carbocycles. The molecule has 3 aliphatic carbocycles. The van der Waals surface area contributed by atoms with Gasteiger partial charge in [0.25, 0.3) is 5.60 Å². The summed E-state index contributed by atoms with van der Waals surface area (Å²) in [7, 11) is 0. The summed E-state index contributed by atoms with van der Waals surface area (Å²) in [6.07, 6.45) is -4.87. The molecule has 9 heteroatoms. The number of allylic oxidation sites excluding steroid dienone is 3. The molecule has 2 N–H and O–H groups in total. The third-order valence-corrected chi connectivity index (χ3v) is 9.42. The highest BCUT2D eigenvalue weighted by molar-refractivity contribution is 5.38. The highest BCUT2D eigenvalue weighted by atomic mass is 19.4. The van der Waals surface area contributed by atoms with Crippen molar-refractivity contribution in [3.05, 3.63) is 35.5 Å². The molecule has 1 aliphatic heterocycles. The van der Waals surface area contributed by atoms with E-state index in [0.717, 1.165) is 37.7 Å². The molecule has 0 radical (unpaired) electrons. The molecule has 0 amide bonds. The second-order valence-corrected chi connectivity index (χ2v) is 11.6. The predicted molar refractivity (Wildman–Crippen MR) is 123 cm³/mol. The van der Waals surface area contributed by atoms with Crippen LogP contribution in [0.4, 0.5) is 26.3 Å². The summed E-state index contributed by atoms with van der Waals surface area (Å²) in [6, 6.07) is 0. The van der Waals surface area contributed by atoms with Crippen molar-refractivity contribution in [2.45, 2.75) is 108 Å². The molecule has 36 heavy (non-hydrogen) atoms. The zero-order chi connectivity index (χ0) is 26.7. The van der Waals surface area contributed by atoms with Crippen molar-refractivity contribution in [2.75, 3.05) is 0 Å². The smallest absolute Gasteiger partial charge is 0.393 e. The van der Waals surface area contributed by atoms with E-state index < -0.39 is 42.7 Å². The van der Waals surface area contributed by atoms with Gasteiger partial charge in [-0.15, -0.1) is 0 Å². The first-order valence-electron chi connectivity index (χ1n) is 12.8. The first-order valence-corrected chi connectivity index (χ1v) is 12.8. The van der Waals surface area contributed by atoms with Gasteiger partial charge in [0.15, 0.2) is 0 Å². The maximum absolute atomic E-state index is 13.2. The van der Waals surface area contributed by atoms with Crippen molar-refractivity contribution in [2.24, 2.45) is 23.2 Å². The van der Waals surface area contributed by atoms with E-state index in [1.165, 1.54) is 5.57 Å². The molecular formula is C27H36F6O3. The van der Waals surface area contributed by atoms with Gasteiger partial charge < -0.3 is 14.9 Å². The number of alkyl halides is 6. The minimum atomic E-state index is -5.48. The first-order chi connectivity index (χ1) is 16.6. The summed E-state index contributed by atoms with van der Waals surface area (Å²) in [5.41, 5.74) is -1.38. The monoisotopic (exact) mass is 522 g/mol. The van der Waals surface area contributed by atoms with Crippen LogP contribution in [-0.4, -0.2) is 46.5 Å². The van der Waals surface area contributed by atoms with E-state index in [1.807, 2.05) is 13.0 Å². The molecule has 0 aromatic rings. The second-order valence-electron chi connectivity index (χ2n) is 11.6. The van der Waals surface area contributed by atoms with Gasteiger partial charge in [-0.25, -0.2) is 0 Å². The number of aliphatic hydroxyl groups excluding tert-OH is 2. The summed E-state index contributed by atoms with van der Waals surface area (Å²) in [6.45, 7) is 8.09. The number of aliphatic hydroxyl groups is 2. The zero-order valence-corrected chi connectivity index (χ0v) is 20.8. The Bertz CT molecular complexity index is 897. The molecule has 0 aromatic heterocycles. The molecule has 4 aliphatic rings. The summed E-state index contributed by atoms with van der Waals surface area (Å²) < 4.78 is 83.6. The van der Waals surface area contributed by atoms with Crippen molar-refractivity contribution in [1.82, 2.24) is 0 Å². The SMILES string of the molecule is C=C1/C(=C\C=C2/CCC[C@]3(C)[C@@H]([C@H](C)C[C@@H]4CC(C(F)(F)F)(C(F)(F)F)O4)CC[C@@H]23)C[C@@H](O)C[C@@H]1O. The molecular weight excluding hydrogens is 486 g/mol. The lowest BCUT2D eigenvalue weighted by Gasteiger charge is -2.50. The molecule has 1 saturated heterocycles. The van der Waals surface area contributed by atoms with Gasteiger partial charge in [0, 0.05) is 12.8 Å². The van der Waals surface area contributed by atoms with E-state index in [0.29, 0.717) is 12.0 Å². The fourth-order valence-electron chi connectivity index (χ4n) is 7.51. The quantitative estimate of drug-likeness (QED) is 0.399. The van der Waals surface area contributed by atoms with Crippen LogP contribution in [0.5, 0.6) is 0 Å². The Labute approximate surface area is 208 Å². The van der Waals surface area contributed by atoms with E-state index in [-0.39, 0.29) is 36.0 Å². The van der Waals surface area contributed by atoms with Crippen LogP contribution in [0.2, 0.25) is 0 Å². The van der Waals surface area contributed by atoms with Crippen LogP contribution in [0.1, 0.15) is 71.6 Å². The van der Waals surface area contributed by atoms with Crippen molar-refractivity contribution in [1.29, 1.82) is 0 Å². The topological polar surface area (TPSA) is 49.7 Å². The van der Waals surface area contributed by atoms with E-state index in [1.54, 1.807) is 0 Å². The third kappa shape index (κ3) is 4.68. The minimum Gasteiger partial charge on any atom is -0.393 e. The summed E-state index contributed by atoms with van der Waals surface area (Å²) in [5, 5.41) is 20.1. The Kier molecular flexibility index (Phi) is 7.28. The summed E-state index contributed by atoms with van der Waals surface area (Å²) in [5.74, 6) is 0.405. The fourth-order valence-corrected chi connectivity index (χ4v) is 7.51. The Balaban J connectivity index is 1.44. The zero-order valence-electron chi connectivity index (χ0n) is 20.8. The molecule has 4 rings (SSSR count). The number of hydrogen-bond donors (Lipinski definition) is 2. The van der Waals surface area contributed by atoms with E-state index in [2.05, 4.69) is 24.3 Å². The van der Waals surface area contributed by atoms with Crippen LogP contribution in [0.15, 0.2) is 35.5 Å². The van der Waals surface area contributed by atoms with Gasteiger partial charge in [0.05, 0.1) is 18.3 Å². The van der Waals surface area contributed by atoms with Crippen molar-refractivity contribution in [3.63, 3.8) is 0 Å². The predicted octanol–water partition coefficient (Wildman–Crippen LogP) is 6.81. The molecule has 4 fully saturated rings. The lowest BCUT2D eigenvalue weighted by Crippen LogP contribution is -2.68. The first kappa shape index (κ1) is 27.7. The van der Waals surface area contributed by atoms with Gasteiger partial charge in [-0.2, -0.15) is 26.3 Å². The van der Waals surface area contributed by atoms with Crippen molar-refractivity contribution >= 4 is 0 Å². The van der Waals surface area contributed by atoms with Gasteiger partial charge in [-0.05, 0) is 79.3 Å². The van der Waals surface area contributed by atoms with E-state index >= 15 is 0 Å². The molecule has 0 aromatic carbocycles. The second kappa shape index (κ2) is 9.45. The highest BCUT2D eigenvalue weighted by Crippen LogP contribution is 2.61. The van der Waals surface area contributed by atoms with Gasteiger partial charge in [0.2, 0.25) is 0 Å². The lowest BCUT2D eigenvalue weighted by molar-refractivity contribution is -0.440. The Hall–Kier alpha value is -1.32. The van der Waals surface area contributed by atoms with Crippen LogP contribution in [0.25, 0.3) is 0 Å². The lowest BCUT2D eigenvalue weighted by atomic mass is 9.60. The number of fused-ring (bicyclic) bond motifs is 1. The summed E-state index contributed by atoms with van der Waals surface area (Å²) in [4.78, 5) is 0. The summed E-state index contributed by atoms with van der Waals surface area (Å²) >= 11 is 0. The third-order valence-electron chi connectivity index (χ3n) is 9.42. The average molecular weight is 523 g/mol. The van der Waals surface area contributed by atoms with Crippen molar-refractivity contribution < 1.29 is 41.3 Å². The largest absolute Gasteiger partial charge is 0.426 e. The van der Waals surface area contributed by atoms with Crippen LogP contribution >= 0.6 is 0 Å². The highest BCUT2D eigenvalue weighted by Gasteiger charge is 2.77. The molecule has 204 valence electrons. The molecule has 0 spiro atoms. The standard InChI is InChI=1S/C27H36F6O3/c1-15(11-20-14-25(36-20,26(28,29)30)27(31,32)33)21-8-9-22-17(5-4-10-24(21,22)3)6-7-18-12-19(34)13-23(35)16(18)2/h6-7,15,19-23,34-35H,2,4-5,8-14H2,1,3H3/b17-6+,18-7-/t15-,19-,20-,21-,22+,23+,24-/m1/s1. The molecule has 1 heterocycles. The average Bonchev–Trinajstić information content (AvgIpc) is 3.07. The maximum atomic E-state index is 13.2. The molecule has 7 atom stereocenters. The number of halogens is 6. The van der Waals surface area contributed by atoms with Gasteiger partial charge in [0.1, 0.15) is 0 Å². The normalized spacial score (nSPS) is 40.3. The number of rotatable bonds is 4. The van der Waals surface area contributed by atoms with Gasteiger partial charge in [-0.3, -0.25) is 0 Å². The number of hydrogen-bond acceptors (Lipinski definition) is 3. The Morgan fingerprint density at radius 2 is 1.75 bits per heavy atom. The Morgan fingerprint density at radius 3 is 2.36 bits per heavy atom. The number of ether oxygens (including phenoxy) is 1. The molecule has 0 bridgehead atoms. The minimum absolute atomic E-state index is 0.0643. The van der Waals surface area contributed by atoms with Crippen LogP contribution in [0.3, 0.4) is 0 Å². The van der Waals surface area contributed by atoms with Crippen LogP contribution in [-0.2, 0) is 4.74 Å². The van der Waals surface area contributed by atoms with E-state index in [4.69, 9.17) is 0 Å². The van der Waals surface area contributed by atoms with Crippen LogP contribution < -0.4 is 0 Å².